The molecule has 1 saturated heterocycles. The first-order chi connectivity index (χ1) is 14.7. The minimum absolute atomic E-state index is 0.134. The predicted octanol–water partition coefficient (Wildman–Crippen LogP) is 2.97. The predicted molar refractivity (Wildman–Crippen MR) is 113 cm³/mol. The lowest BCUT2D eigenvalue weighted by atomic mass is 9.94. The van der Waals surface area contributed by atoms with Gasteiger partial charge in [-0.15, -0.1) is 0 Å². The summed E-state index contributed by atoms with van der Waals surface area (Å²) in [7, 11) is 1.63. The molecule has 1 N–H and O–H groups in total. The van der Waals surface area contributed by atoms with E-state index in [4.69, 9.17) is 4.74 Å². The number of piperidine rings is 1. The van der Waals surface area contributed by atoms with Gasteiger partial charge in [-0.25, -0.2) is 19.9 Å². The van der Waals surface area contributed by atoms with E-state index in [1.807, 2.05) is 35.2 Å². The number of hydrogen-bond donors (Lipinski definition) is 1. The van der Waals surface area contributed by atoms with E-state index in [0.717, 1.165) is 36.4 Å². The van der Waals surface area contributed by atoms with Crippen molar-refractivity contribution >= 4 is 17.8 Å². The molecule has 3 heterocycles. The van der Waals surface area contributed by atoms with Crippen LogP contribution in [0.2, 0.25) is 0 Å². The fraction of sp³-hybridized carbons (Fsp3) is 0.318. The van der Waals surface area contributed by atoms with E-state index in [2.05, 4.69) is 25.3 Å². The molecule has 3 aromatic rings. The molecular formula is C22H24N6O2. The standard InChI is InChI=1S/C22H24N6O2/c1-30-18-7-5-16(6-8-18)14-20(29)28-13-2-4-17(15-28)19-9-12-25-22(26-19)27-21-23-10-3-11-24-21/h3,5-12,17H,2,4,13-15H2,1H3,(H,23,24,25,26,27)/t17-/m1/s1. The van der Waals surface area contributed by atoms with Crippen molar-refractivity contribution in [1.29, 1.82) is 0 Å². The van der Waals surface area contributed by atoms with Gasteiger partial charge in [-0.3, -0.25) is 10.1 Å². The molecule has 8 heteroatoms. The summed E-state index contributed by atoms with van der Waals surface area (Å²) in [6.45, 7) is 1.44. The zero-order valence-corrected chi connectivity index (χ0v) is 16.9. The summed E-state index contributed by atoms with van der Waals surface area (Å²) in [4.78, 5) is 32.0. The van der Waals surface area contributed by atoms with Gasteiger partial charge >= 0.3 is 0 Å². The Morgan fingerprint density at radius 2 is 1.87 bits per heavy atom. The van der Waals surface area contributed by atoms with Crippen molar-refractivity contribution in [3.8, 4) is 5.75 Å². The zero-order valence-electron chi connectivity index (χ0n) is 16.9. The molecule has 1 aliphatic heterocycles. The molecule has 1 aliphatic rings. The van der Waals surface area contributed by atoms with E-state index >= 15 is 0 Å². The first kappa shape index (κ1) is 19.8. The maximum absolute atomic E-state index is 12.8. The van der Waals surface area contributed by atoms with Crippen LogP contribution in [0.1, 0.15) is 30.0 Å². The second kappa shape index (κ2) is 9.30. The van der Waals surface area contributed by atoms with Crippen LogP contribution in [0.15, 0.2) is 55.0 Å². The van der Waals surface area contributed by atoms with Gasteiger partial charge in [0.2, 0.25) is 17.8 Å². The van der Waals surface area contributed by atoms with Crippen molar-refractivity contribution in [2.45, 2.75) is 25.2 Å². The van der Waals surface area contributed by atoms with Gasteiger partial charge in [0.15, 0.2) is 0 Å². The first-order valence-corrected chi connectivity index (χ1v) is 9.99. The number of aromatic nitrogens is 4. The molecule has 2 aromatic heterocycles. The third kappa shape index (κ3) is 4.89. The zero-order chi connectivity index (χ0) is 20.8. The van der Waals surface area contributed by atoms with Gasteiger partial charge in [0.1, 0.15) is 5.75 Å². The molecule has 1 atom stereocenters. The highest BCUT2D eigenvalue weighted by Crippen LogP contribution is 2.26. The van der Waals surface area contributed by atoms with Crippen molar-refractivity contribution in [3.05, 3.63) is 66.2 Å². The number of carbonyl (C=O) groups is 1. The number of nitrogens with one attached hydrogen (secondary N) is 1. The highest BCUT2D eigenvalue weighted by atomic mass is 16.5. The molecular weight excluding hydrogens is 380 g/mol. The second-order valence-electron chi connectivity index (χ2n) is 7.21. The highest BCUT2D eigenvalue weighted by Gasteiger charge is 2.26. The number of ether oxygens (including phenoxy) is 1. The van der Waals surface area contributed by atoms with Crippen molar-refractivity contribution in [2.75, 3.05) is 25.5 Å². The van der Waals surface area contributed by atoms with E-state index in [-0.39, 0.29) is 11.8 Å². The second-order valence-corrected chi connectivity index (χ2v) is 7.21. The number of methoxy groups -OCH3 is 1. The molecule has 0 saturated carbocycles. The topological polar surface area (TPSA) is 93.1 Å². The number of carbonyl (C=O) groups excluding carboxylic acids is 1. The summed E-state index contributed by atoms with van der Waals surface area (Å²) < 4.78 is 5.18. The Bertz CT molecular complexity index is 980. The monoisotopic (exact) mass is 404 g/mol. The molecule has 154 valence electrons. The fourth-order valence-electron chi connectivity index (χ4n) is 3.60. The van der Waals surface area contributed by atoms with Crippen LogP contribution in [-0.4, -0.2) is 50.9 Å². The Balaban J connectivity index is 1.40. The Hall–Kier alpha value is -3.55. The fourth-order valence-corrected chi connectivity index (χ4v) is 3.60. The first-order valence-electron chi connectivity index (χ1n) is 9.99. The number of nitrogens with zero attached hydrogens (tertiary/aromatic N) is 5. The molecule has 0 aliphatic carbocycles. The minimum atomic E-state index is 0.134. The average molecular weight is 404 g/mol. The number of amides is 1. The van der Waals surface area contributed by atoms with Gasteiger partial charge < -0.3 is 9.64 Å². The summed E-state index contributed by atoms with van der Waals surface area (Å²) in [5.41, 5.74) is 1.91. The summed E-state index contributed by atoms with van der Waals surface area (Å²) in [6, 6.07) is 11.3. The number of hydrogen-bond acceptors (Lipinski definition) is 7. The molecule has 4 rings (SSSR count). The third-order valence-corrected chi connectivity index (χ3v) is 5.17. The van der Waals surface area contributed by atoms with Crippen LogP contribution in [-0.2, 0) is 11.2 Å². The van der Waals surface area contributed by atoms with Crippen molar-refractivity contribution < 1.29 is 9.53 Å². The Morgan fingerprint density at radius 3 is 2.63 bits per heavy atom. The van der Waals surface area contributed by atoms with Gasteiger partial charge in [-0.1, -0.05) is 12.1 Å². The lowest BCUT2D eigenvalue weighted by Gasteiger charge is -2.32. The quantitative estimate of drug-likeness (QED) is 0.675. The van der Waals surface area contributed by atoms with E-state index in [9.17, 15) is 4.79 Å². The molecule has 1 amide bonds. The summed E-state index contributed by atoms with van der Waals surface area (Å²) in [6.07, 6.45) is 7.38. The molecule has 0 spiro atoms. The Labute approximate surface area is 175 Å². The molecule has 8 nitrogen and oxygen atoms in total. The van der Waals surface area contributed by atoms with Crippen LogP contribution in [0.4, 0.5) is 11.9 Å². The molecule has 0 bridgehead atoms. The normalized spacial score (nSPS) is 16.2. The van der Waals surface area contributed by atoms with E-state index < -0.39 is 0 Å². The van der Waals surface area contributed by atoms with Crippen LogP contribution >= 0.6 is 0 Å². The van der Waals surface area contributed by atoms with Crippen LogP contribution in [0, 0.1) is 0 Å². The minimum Gasteiger partial charge on any atom is -0.497 e. The number of rotatable bonds is 6. The summed E-state index contributed by atoms with van der Waals surface area (Å²) >= 11 is 0. The van der Waals surface area contributed by atoms with E-state index in [1.54, 1.807) is 31.8 Å². The van der Waals surface area contributed by atoms with E-state index in [1.165, 1.54) is 0 Å². The number of benzene rings is 1. The summed E-state index contributed by atoms with van der Waals surface area (Å²) in [5, 5.41) is 3.02. The van der Waals surface area contributed by atoms with E-state index in [0.29, 0.717) is 24.9 Å². The Kier molecular flexibility index (Phi) is 6.12. The van der Waals surface area contributed by atoms with Crippen LogP contribution in [0.5, 0.6) is 5.75 Å². The van der Waals surface area contributed by atoms with Gasteiger partial charge in [0.25, 0.3) is 0 Å². The van der Waals surface area contributed by atoms with Crippen LogP contribution in [0.25, 0.3) is 0 Å². The highest BCUT2D eigenvalue weighted by molar-refractivity contribution is 5.79. The smallest absolute Gasteiger partial charge is 0.229 e. The van der Waals surface area contributed by atoms with Crippen molar-refractivity contribution in [2.24, 2.45) is 0 Å². The van der Waals surface area contributed by atoms with Crippen molar-refractivity contribution in [1.82, 2.24) is 24.8 Å². The van der Waals surface area contributed by atoms with Crippen molar-refractivity contribution in [3.63, 3.8) is 0 Å². The number of anilines is 2. The Morgan fingerprint density at radius 1 is 1.10 bits per heavy atom. The third-order valence-electron chi connectivity index (χ3n) is 5.17. The molecule has 0 radical (unpaired) electrons. The van der Waals surface area contributed by atoms with Gasteiger partial charge in [0, 0.05) is 37.6 Å². The number of likely N-dealkylation sites (tertiary alicyclic amines) is 1. The molecule has 0 unspecified atom stereocenters. The lowest BCUT2D eigenvalue weighted by molar-refractivity contribution is -0.131. The van der Waals surface area contributed by atoms with Gasteiger partial charge in [-0.2, -0.15) is 0 Å². The van der Waals surface area contributed by atoms with Crippen LogP contribution in [0.3, 0.4) is 0 Å². The average Bonchev–Trinajstić information content (AvgIpc) is 2.80. The molecule has 1 aromatic carbocycles. The largest absolute Gasteiger partial charge is 0.497 e. The van der Waals surface area contributed by atoms with Gasteiger partial charge in [-0.05, 0) is 42.7 Å². The molecule has 1 fully saturated rings. The van der Waals surface area contributed by atoms with Gasteiger partial charge in [0.05, 0.1) is 19.2 Å². The van der Waals surface area contributed by atoms with Crippen LogP contribution < -0.4 is 10.1 Å². The lowest BCUT2D eigenvalue weighted by Crippen LogP contribution is -2.40. The maximum Gasteiger partial charge on any atom is 0.229 e. The maximum atomic E-state index is 12.8. The summed E-state index contributed by atoms with van der Waals surface area (Å²) in [5.74, 6) is 2.02. The SMILES string of the molecule is COc1ccc(CC(=O)N2CCC[C@@H](c3ccnc(Nc4ncccn4)n3)C2)cc1. The molecule has 30 heavy (non-hydrogen) atoms.